The van der Waals surface area contributed by atoms with Crippen LogP contribution in [-0.2, 0) is 19.1 Å². The summed E-state index contributed by atoms with van der Waals surface area (Å²) in [6.07, 6.45) is 0.764. The first-order valence-corrected chi connectivity index (χ1v) is 7.51. The molecule has 2 saturated heterocycles. The van der Waals surface area contributed by atoms with Crippen molar-refractivity contribution in [2.24, 2.45) is 17.3 Å². The van der Waals surface area contributed by atoms with Crippen LogP contribution in [0.3, 0.4) is 0 Å². The molecule has 0 radical (unpaired) electrons. The van der Waals surface area contributed by atoms with Gasteiger partial charge in [-0.2, -0.15) is 0 Å². The van der Waals surface area contributed by atoms with Crippen LogP contribution in [0.2, 0.25) is 0 Å². The Morgan fingerprint density at radius 2 is 2.00 bits per heavy atom. The minimum atomic E-state index is -0.977. The van der Waals surface area contributed by atoms with Crippen LogP contribution in [0.25, 0.3) is 0 Å². The van der Waals surface area contributed by atoms with Gasteiger partial charge in [-0.05, 0) is 26.8 Å². The van der Waals surface area contributed by atoms with Crippen molar-refractivity contribution in [3.63, 3.8) is 0 Å². The van der Waals surface area contributed by atoms with Crippen LogP contribution in [0.1, 0.15) is 34.1 Å². The number of esters is 1. The average Bonchev–Trinajstić information content (AvgIpc) is 2.84. The summed E-state index contributed by atoms with van der Waals surface area (Å²) in [7, 11) is 0. The third-order valence-electron chi connectivity index (χ3n) is 6.48. The van der Waals surface area contributed by atoms with Gasteiger partial charge in [0.05, 0.1) is 17.4 Å². The van der Waals surface area contributed by atoms with Crippen molar-refractivity contribution < 1.29 is 24.2 Å². The van der Waals surface area contributed by atoms with Gasteiger partial charge in [0, 0.05) is 12.3 Å². The second-order valence-electron chi connectivity index (χ2n) is 7.40. The lowest BCUT2D eigenvalue weighted by Gasteiger charge is -2.38. The maximum atomic E-state index is 12.6. The van der Waals surface area contributed by atoms with Gasteiger partial charge in [-0.3, -0.25) is 9.59 Å². The number of fused-ring (bicyclic) bond motifs is 2. The fraction of sp³-hybridized carbons (Fsp3) is 0.750. The van der Waals surface area contributed by atoms with E-state index >= 15 is 0 Å². The molecular formula is C16H20O5. The number of epoxide rings is 1. The van der Waals surface area contributed by atoms with Gasteiger partial charge in [0.2, 0.25) is 0 Å². The molecular weight excluding hydrogens is 272 g/mol. The van der Waals surface area contributed by atoms with Gasteiger partial charge in [0.15, 0.2) is 11.4 Å². The largest absolute Gasteiger partial charge is 0.461 e. The van der Waals surface area contributed by atoms with Crippen molar-refractivity contribution in [2.45, 2.75) is 57.5 Å². The fourth-order valence-electron chi connectivity index (χ4n) is 5.17. The van der Waals surface area contributed by atoms with Gasteiger partial charge < -0.3 is 14.6 Å². The number of aliphatic hydroxyl groups is 1. The number of aliphatic hydroxyl groups excluding tert-OH is 1. The van der Waals surface area contributed by atoms with E-state index in [2.05, 4.69) is 0 Å². The van der Waals surface area contributed by atoms with E-state index in [1.54, 1.807) is 13.0 Å². The standard InChI is InChI=1S/C16H20O5/c1-7-5-10(18)16-14(3,21-16)6-9(17)11-8(2)13(19)20-12(11)15(7,16)4/h5,8-9,11-12,17H,6H2,1-4H3. The van der Waals surface area contributed by atoms with Crippen molar-refractivity contribution in [3.05, 3.63) is 11.6 Å². The first kappa shape index (κ1) is 13.5. The molecule has 4 aliphatic rings. The molecule has 0 aromatic carbocycles. The van der Waals surface area contributed by atoms with Gasteiger partial charge in [-0.15, -0.1) is 0 Å². The molecule has 0 bridgehead atoms. The highest BCUT2D eigenvalue weighted by Gasteiger charge is 2.85. The molecule has 1 N–H and O–H groups in total. The molecule has 1 spiro atoms. The van der Waals surface area contributed by atoms with E-state index < -0.39 is 28.8 Å². The molecule has 0 aromatic heterocycles. The molecule has 4 rings (SSSR count). The van der Waals surface area contributed by atoms with E-state index in [0.29, 0.717) is 6.42 Å². The molecule has 7 unspecified atom stereocenters. The number of carbonyl (C=O) groups excluding carboxylic acids is 2. The SMILES string of the molecule is CC1=CC(=O)C23OC2(C)CC(O)C2C(C)C(=O)OC2C13C. The number of carbonyl (C=O) groups is 2. The van der Waals surface area contributed by atoms with Crippen LogP contribution in [0, 0.1) is 17.3 Å². The number of ether oxygens (including phenoxy) is 2. The third kappa shape index (κ3) is 1.15. The lowest BCUT2D eigenvalue weighted by Crippen LogP contribution is -2.51. The smallest absolute Gasteiger partial charge is 0.309 e. The Labute approximate surface area is 123 Å². The predicted molar refractivity (Wildman–Crippen MR) is 72.2 cm³/mol. The summed E-state index contributed by atoms with van der Waals surface area (Å²) in [5, 5.41) is 10.6. The highest BCUT2D eigenvalue weighted by Crippen LogP contribution is 2.71. The van der Waals surface area contributed by atoms with Crippen molar-refractivity contribution >= 4 is 11.8 Å². The first-order chi connectivity index (χ1) is 9.69. The quantitative estimate of drug-likeness (QED) is 0.532. The summed E-state index contributed by atoms with van der Waals surface area (Å²) in [6.45, 7) is 7.50. The molecule has 21 heavy (non-hydrogen) atoms. The van der Waals surface area contributed by atoms with Crippen LogP contribution in [0.15, 0.2) is 11.6 Å². The monoisotopic (exact) mass is 292 g/mol. The minimum absolute atomic E-state index is 0.0616. The average molecular weight is 292 g/mol. The Morgan fingerprint density at radius 3 is 2.67 bits per heavy atom. The van der Waals surface area contributed by atoms with Crippen molar-refractivity contribution in [3.8, 4) is 0 Å². The minimum Gasteiger partial charge on any atom is -0.461 e. The topological polar surface area (TPSA) is 76.1 Å². The fourth-order valence-corrected chi connectivity index (χ4v) is 5.17. The normalized spacial score (nSPS) is 57.9. The molecule has 2 aliphatic carbocycles. The number of ketones is 1. The molecule has 5 heteroatoms. The number of rotatable bonds is 0. The Bertz CT molecular complexity index is 610. The molecule has 7 atom stereocenters. The van der Waals surface area contributed by atoms with Crippen molar-refractivity contribution in [1.82, 2.24) is 0 Å². The molecule has 2 heterocycles. The molecule has 114 valence electrons. The Hall–Kier alpha value is -1.20. The number of hydrogen-bond acceptors (Lipinski definition) is 5. The van der Waals surface area contributed by atoms with E-state index in [1.807, 2.05) is 20.8 Å². The highest BCUT2D eigenvalue weighted by molar-refractivity contribution is 6.06. The van der Waals surface area contributed by atoms with Crippen LogP contribution in [0.5, 0.6) is 0 Å². The van der Waals surface area contributed by atoms with Gasteiger partial charge in [0.1, 0.15) is 11.7 Å². The van der Waals surface area contributed by atoms with Crippen LogP contribution in [-0.4, -0.2) is 40.3 Å². The van der Waals surface area contributed by atoms with Gasteiger partial charge in [0.25, 0.3) is 0 Å². The second-order valence-corrected chi connectivity index (χ2v) is 7.40. The zero-order valence-corrected chi connectivity index (χ0v) is 12.7. The molecule has 3 fully saturated rings. The van der Waals surface area contributed by atoms with Crippen LogP contribution >= 0.6 is 0 Å². The van der Waals surface area contributed by atoms with Gasteiger partial charge in [-0.1, -0.05) is 12.5 Å². The molecule has 2 aliphatic heterocycles. The predicted octanol–water partition coefficient (Wildman–Crippen LogP) is 0.992. The maximum absolute atomic E-state index is 12.6. The lowest BCUT2D eigenvalue weighted by atomic mass is 9.65. The van der Waals surface area contributed by atoms with E-state index in [1.165, 1.54) is 0 Å². The van der Waals surface area contributed by atoms with E-state index in [0.717, 1.165) is 5.57 Å². The zero-order chi connectivity index (χ0) is 15.4. The Morgan fingerprint density at radius 1 is 1.33 bits per heavy atom. The number of hydrogen-bond donors (Lipinski definition) is 1. The molecule has 1 saturated carbocycles. The zero-order valence-electron chi connectivity index (χ0n) is 12.7. The van der Waals surface area contributed by atoms with Crippen LogP contribution in [0.4, 0.5) is 0 Å². The maximum Gasteiger partial charge on any atom is 0.309 e. The van der Waals surface area contributed by atoms with Crippen molar-refractivity contribution in [2.75, 3.05) is 0 Å². The summed E-state index contributed by atoms with van der Waals surface area (Å²) in [5.74, 6) is -1.00. The lowest BCUT2D eigenvalue weighted by molar-refractivity contribution is -0.150. The Kier molecular flexibility index (Phi) is 2.19. The summed E-state index contributed by atoms with van der Waals surface area (Å²) < 4.78 is 11.6. The summed E-state index contributed by atoms with van der Waals surface area (Å²) in [4.78, 5) is 24.6. The summed E-state index contributed by atoms with van der Waals surface area (Å²) in [6, 6.07) is 0. The van der Waals surface area contributed by atoms with E-state index in [9.17, 15) is 14.7 Å². The highest BCUT2D eigenvalue weighted by atomic mass is 16.6. The van der Waals surface area contributed by atoms with Crippen molar-refractivity contribution in [1.29, 1.82) is 0 Å². The molecule has 0 amide bonds. The summed E-state index contributed by atoms with van der Waals surface area (Å²) >= 11 is 0. The summed E-state index contributed by atoms with van der Waals surface area (Å²) in [5.41, 5.74) is -1.47. The van der Waals surface area contributed by atoms with E-state index in [4.69, 9.17) is 9.47 Å². The van der Waals surface area contributed by atoms with Crippen LogP contribution < -0.4 is 0 Å². The van der Waals surface area contributed by atoms with E-state index in [-0.39, 0.29) is 23.6 Å². The molecule has 0 aromatic rings. The van der Waals surface area contributed by atoms with Gasteiger partial charge >= 0.3 is 5.97 Å². The Balaban J connectivity index is 1.93. The second kappa shape index (κ2) is 3.41. The third-order valence-corrected chi connectivity index (χ3v) is 6.48. The first-order valence-electron chi connectivity index (χ1n) is 7.51. The van der Waals surface area contributed by atoms with Gasteiger partial charge in [-0.25, -0.2) is 0 Å². The molecule has 5 nitrogen and oxygen atoms in total.